The molecule has 0 radical (unpaired) electrons. The van der Waals surface area contributed by atoms with Gasteiger partial charge in [-0.1, -0.05) is 36.9 Å². The first-order valence-corrected chi connectivity index (χ1v) is 10.7. The Balaban J connectivity index is 1.78. The molecule has 168 valence electrons. The lowest BCUT2D eigenvalue weighted by Crippen LogP contribution is -2.29. The second-order valence-corrected chi connectivity index (χ2v) is 7.74. The number of nitrogens with one attached hydrogen (secondary N) is 1. The highest BCUT2D eigenvalue weighted by Gasteiger charge is 2.44. The molecule has 1 saturated heterocycles. The fraction of sp³-hybridized carbons (Fsp3) is 0.192. The molecule has 1 aliphatic rings. The maximum Gasteiger partial charge on any atom is 0.295 e. The summed E-state index contributed by atoms with van der Waals surface area (Å²) in [5.41, 5.74) is 1.38. The molecule has 1 fully saturated rings. The monoisotopic (exact) mass is 446 g/mol. The Labute approximate surface area is 191 Å². The third-order valence-corrected chi connectivity index (χ3v) is 5.43. The quantitative estimate of drug-likeness (QED) is 0.317. The molecule has 7 heteroatoms. The van der Waals surface area contributed by atoms with E-state index in [0.717, 1.165) is 12.0 Å². The fourth-order valence-electron chi connectivity index (χ4n) is 3.83. The van der Waals surface area contributed by atoms with Gasteiger partial charge in [0.2, 0.25) is 5.78 Å². The van der Waals surface area contributed by atoms with Gasteiger partial charge in [0.1, 0.15) is 11.6 Å². The number of carbonyl (C=O) groups excluding carboxylic acids is 2. The predicted octanol–water partition coefficient (Wildman–Crippen LogP) is 2.85. The number of hydrogen-bond donors (Lipinski definition) is 0. The van der Waals surface area contributed by atoms with Crippen LogP contribution < -0.4 is 14.8 Å². The number of Topliss-reactive ketones (excluding diaryl/α,β-unsaturated/α-hetero) is 1. The van der Waals surface area contributed by atoms with Crippen LogP contribution in [-0.4, -0.2) is 23.2 Å². The summed E-state index contributed by atoms with van der Waals surface area (Å²) < 4.78 is 19.1. The number of hydrogen-bond acceptors (Lipinski definition) is 4. The maximum absolute atomic E-state index is 13.6. The molecule has 33 heavy (non-hydrogen) atoms. The number of likely N-dealkylation sites (tertiary alicyclic amines) is 1. The summed E-state index contributed by atoms with van der Waals surface area (Å²) in [5, 5.41) is 13.4. The van der Waals surface area contributed by atoms with Crippen LogP contribution in [0.25, 0.3) is 5.76 Å². The van der Waals surface area contributed by atoms with Crippen LogP contribution >= 0.6 is 0 Å². The Morgan fingerprint density at radius 2 is 1.82 bits per heavy atom. The van der Waals surface area contributed by atoms with Crippen LogP contribution in [0.5, 0.6) is 5.75 Å². The van der Waals surface area contributed by atoms with Crippen LogP contribution in [0.4, 0.5) is 4.39 Å². The number of amides is 1. The van der Waals surface area contributed by atoms with E-state index in [1.807, 2.05) is 13.0 Å². The standard InChI is InChI=1S/C26H23FN2O4/c1-2-14-33-21-11-7-19(8-12-21)24(30)22-23(18-5-9-20(27)10-6-18)29(26(32)25(22)31)16-17-4-3-13-28-15-17/h3-13,15,23,30H,2,14,16H2,1H3/b24-22+. The number of ketones is 1. The van der Waals surface area contributed by atoms with E-state index in [-0.39, 0.29) is 17.7 Å². The third-order valence-electron chi connectivity index (χ3n) is 5.43. The summed E-state index contributed by atoms with van der Waals surface area (Å²) in [6.07, 6.45) is 4.30. The van der Waals surface area contributed by atoms with Gasteiger partial charge in [-0.15, -0.1) is 0 Å². The summed E-state index contributed by atoms with van der Waals surface area (Å²) in [6, 6.07) is 14.6. The summed E-state index contributed by atoms with van der Waals surface area (Å²) in [5.74, 6) is -1.98. The number of carbonyl (C=O) groups is 2. The van der Waals surface area contributed by atoms with Crippen molar-refractivity contribution in [3.8, 4) is 5.75 Å². The first-order valence-electron chi connectivity index (χ1n) is 10.7. The zero-order chi connectivity index (χ0) is 23.4. The lowest BCUT2D eigenvalue weighted by molar-refractivity contribution is -0.378. The fourth-order valence-corrected chi connectivity index (χ4v) is 3.83. The van der Waals surface area contributed by atoms with Crippen LogP contribution in [0.3, 0.4) is 0 Å². The molecule has 0 spiro atoms. The number of halogens is 1. The Bertz CT molecular complexity index is 1180. The molecule has 4 rings (SSSR count). The van der Waals surface area contributed by atoms with E-state index in [9.17, 15) is 19.1 Å². The van der Waals surface area contributed by atoms with Crippen LogP contribution in [0.2, 0.25) is 0 Å². The molecule has 0 saturated carbocycles. The molecule has 2 heterocycles. The Morgan fingerprint density at radius 3 is 2.45 bits per heavy atom. The number of benzene rings is 2. The van der Waals surface area contributed by atoms with Crippen molar-refractivity contribution in [3.05, 3.63) is 101 Å². The summed E-state index contributed by atoms with van der Waals surface area (Å²) in [7, 11) is 0. The lowest BCUT2D eigenvalue weighted by Gasteiger charge is -2.27. The highest BCUT2D eigenvalue weighted by Crippen LogP contribution is 2.39. The molecule has 3 aromatic rings. The van der Waals surface area contributed by atoms with Gasteiger partial charge in [0.25, 0.3) is 5.91 Å². The van der Waals surface area contributed by atoms with Gasteiger partial charge in [-0.25, -0.2) is 9.37 Å². The van der Waals surface area contributed by atoms with Gasteiger partial charge >= 0.3 is 0 Å². The Morgan fingerprint density at radius 1 is 1.09 bits per heavy atom. The third kappa shape index (κ3) is 4.62. The van der Waals surface area contributed by atoms with E-state index < -0.39 is 29.3 Å². The minimum Gasteiger partial charge on any atom is -0.872 e. The van der Waals surface area contributed by atoms with E-state index in [2.05, 4.69) is 4.98 Å². The summed E-state index contributed by atoms with van der Waals surface area (Å²) in [6.45, 7) is 2.66. The molecule has 1 amide bonds. The van der Waals surface area contributed by atoms with Gasteiger partial charge in [0, 0.05) is 17.2 Å². The molecule has 1 N–H and O–H groups in total. The number of H-pyrrole nitrogens is 1. The van der Waals surface area contributed by atoms with Crippen LogP contribution in [-0.2, 0) is 16.1 Å². The molecule has 0 bridgehead atoms. The largest absolute Gasteiger partial charge is 0.872 e. The van der Waals surface area contributed by atoms with E-state index in [4.69, 9.17) is 4.74 Å². The molecule has 2 aromatic carbocycles. The van der Waals surface area contributed by atoms with E-state index >= 15 is 0 Å². The van der Waals surface area contributed by atoms with Crippen LogP contribution in [0.1, 0.15) is 36.1 Å². The van der Waals surface area contributed by atoms with E-state index in [1.54, 1.807) is 42.7 Å². The molecule has 1 aliphatic heterocycles. The van der Waals surface area contributed by atoms with Crippen molar-refractivity contribution < 1.29 is 28.8 Å². The number of pyridine rings is 1. The average molecular weight is 446 g/mol. The first kappa shape index (κ1) is 22.2. The molecule has 1 aromatic heterocycles. The second-order valence-electron chi connectivity index (χ2n) is 7.74. The van der Waals surface area contributed by atoms with Gasteiger partial charge in [0.15, 0.2) is 12.4 Å². The maximum atomic E-state index is 13.6. The van der Waals surface area contributed by atoms with Crippen LogP contribution in [0.15, 0.2) is 78.6 Å². The normalized spacial score (nSPS) is 17.4. The smallest absolute Gasteiger partial charge is 0.295 e. The molecular formula is C26H23FN2O4. The highest BCUT2D eigenvalue weighted by atomic mass is 19.1. The van der Waals surface area contributed by atoms with E-state index in [0.29, 0.717) is 17.9 Å². The molecule has 1 unspecified atom stereocenters. The second kappa shape index (κ2) is 9.65. The van der Waals surface area contributed by atoms with E-state index in [1.165, 1.54) is 29.2 Å². The van der Waals surface area contributed by atoms with Crippen molar-refractivity contribution >= 4 is 17.4 Å². The van der Waals surface area contributed by atoms with Gasteiger partial charge < -0.3 is 14.7 Å². The van der Waals surface area contributed by atoms with Crippen molar-refractivity contribution in [1.82, 2.24) is 4.90 Å². The number of rotatable bonds is 7. The van der Waals surface area contributed by atoms with Crippen molar-refractivity contribution in [3.63, 3.8) is 0 Å². The minimum absolute atomic E-state index is 0.116. The van der Waals surface area contributed by atoms with Crippen molar-refractivity contribution in [1.29, 1.82) is 0 Å². The van der Waals surface area contributed by atoms with Gasteiger partial charge in [-0.2, -0.15) is 0 Å². The van der Waals surface area contributed by atoms with Crippen LogP contribution in [0, 0.1) is 5.82 Å². The summed E-state index contributed by atoms with van der Waals surface area (Å²) >= 11 is 0. The van der Waals surface area contributed by atoms with Crippen molar-refractivity contribution in [2.75, 3.05) is 6.61 Å². The Kier molecular flexibility index (Phi) is 6.49. The topological polar surface area (TPSA) is 83.8 Å². The highest BCUT2D eigenvalue weighted by molar-refractivity contribution is 6.46. The SMILES string of the molecule is CCCOc1ccc(/C([O-])=C2\C(=O)C(=O)N(Cc3ccc[nH+]c3)C2c2ccc(F)cc2)cc1. The van der Waals surface area contributed by atoms with Gasteiger partial charge in [0.05, 0.1) is 19.2 Å². The molecule has 1 atom stereocenters. The minimum atomic E-state index is -0.922. The molecule has 0 aliphatic carbocycles. The van der Waals surface area contributed by atoms with Gasteiger partial charge in [-0.05, 0) is 47.9 Å². The molecule has 6 nitrogen and oxygen atoms in total. The Hall–Kier alpha value is -4.00. The first-order chi connectivity index (χ1) is 16.0. The average Bonchev–Trinajstić information content (AvgIpc) is 3.08. The zero-order valence-corrected chi connectivity index (χ0v) is 18.1. The van der Waals surface area contributed by atoms with Crippen molar-refractivity contribution in [2.45, 2.75) is 25.9 Å². The lowest BCUT2D eigenvalue weighted by atomic mass is 9.95. The predicted molar refractivity (Wildman–Crippen MR) is 117 cm³/mol. The number of nitrogens with zero attached hydrogens (tertiary/aromatic N) is 1. The molecular weight excluding hydrogens is 423 g/mol. The number of aromatic nitrogens is 1. The number of ether oxygens (including phenoxy) is 1. The van der Waals surface area contributed by atoms with Gasteiger partial charge in [-0.3, -0.25) is 9.59 Å². The number of aromatic amines is 1. The summed E-state index contributed by atoms with van der Waals surface area (Å²) in [4.78, 5) is 30.3. The van der Waals surface area contributed by atoms with Crippen molar-refractivity contribution in [2.24, 2.45) is 0 Å². The zero-order valence-electron chi connectivity index (χ0n) is 18.1.